The van der Waals surface area contributed by atoms with Crippen LogP contribution in [0.5, 0.6) is 0 Å². The average molecular weight is 498 g/mol. The van der Waals surface area contributed by atoms with Crippen molar-refractivity contribution in [2.24, 2.45) is 0 Å². The number of aliphatic hydroxyl groups excluding tert-OH is 1. The van der Waals surface area contributed by atoms with E-state index in [0.717, 1.165) is 0 Å². The fraction of sp³-hybridized carbons (Fsp3) is 0.292. The van der Waals surface area contributed by atoms with E-state index < -0.39 is 30.1 Å². The minimum atomic E-state index is -1.82. The summed E-state index contributed by atoms with van der Waals surface area (Å²) in [6.07, 6.45) is -4.66. The first-order valence-electron chi connectivity index (χ1n) is 10.9. The second-order valence-corrected chi connectivity index (χ2v) is 8.25. The second kappa shape index (κ2) is 11.0. The van der Waals surface area contributed by atoms with Crippen molar-refractivity contribution in [3.8, 4) is 0 Å². The first-order valence-corrected chi connectivity index (χ1v) is 10.9. The first-order chi connectivity index (χ1) is 17.0. The summed E-state index contributed by atoms with van der Waals surface area (Å²) in [5.74, 6) is -2.06. The minimum absolute atomic E-state index is 0.0689. The zero-order chi connectivity index (χ0) is 26.6. The Balaban J connectivity index is 1.73. The summed E-state index contributed by atoms with van der Waals surface area (Å²) in [6.45, 7) is 1.98. The van der Waals surface area contributed by atoms with Crippen LogP contribution in [-0.4, -0.2) is 84.2 Å². The van der Waals surface area contributed by atoms with E-state index in [1.807, 2.05) is 5.32 Å². The predicted molar refractivity (Wildman–Crippen MR) is 130 cm³/mol. The second-order valence-electron chi connectivity index (χ2n) is 8.25. The van der Waals surface area contributed by atoms with Crippen LogP contribution in [0.2, 0.25) is 0 Å². The fourth-order valence-corrected chi connectivity index (χ4v) is 3.71. The highest BCUT2D eigenvalue weighted by Crippen LogP contribution is 2.27. The molecule has 0 radical (unpaired) electrons. The van der Waals surface area contributed by atoms with E-state index in [-0.39, 0.29) is 36.1 Å². The molecule has 1 aliphatic heterocycles. The average Bonchev–Trinajstić information content (AvgIpc) is 2.83. The van der Waals surface area contributed by atoms with E-state index in [1.54, 1.807) is 39.2 Å². The van der Waals surface area contributed by atoms with Crippen molar-refractivity contribution >= 4 is 41.0 Å². The largest absolute Gasteiger partial charge is 0.465 e. The van der Waals surface area contributed by atoms with Gasteiger partial charge in [0.2, 0.25) is 0 Å². The van der Waals surface area contributed by atoms with Crippen LogP contribution in [0.25, 0.3) is 0 Å². The van der Waals surface area contributed by atoms with Gasteiger partial charge in [-0.3, -0.25) is 25.1 Å². The third-order valence-electron chi connectivity index (χ3n) is 5.58. The molecule has 1 aliphatic rings. The molecule has 2 aromatic carbocycles. The summed E-state index contributed by atoms with van der Waals surface area (Å²) in [4.78, 5) is 51.8. The summed E-state index contributed by atoms with van der Waals surface area (Å²) in [7, 11) is 3.26. The zero-order valence-corrected chi connectivity index (χ0v) is 19.9. The number of nitrogens with zero attached hydrogens (tertiary/aromatic N) is 2. The maximum atomic E-state index is 13.2. The molecule has 2 atom stereocenters. The number of carboxylic acid groups (broad SMARTS) is 1. The van der Waals surface area contributed by atoms with Gasteiger partial charge in [0.25, 0.3) is 17.7 Å². The monoisotopic (exact) mass is 497 g/mol. The number of morpholine rings is 1. The Labute approximate surface area is 207 Å². The summed E-state index contributed by atoms with van der Waals surface area (Å²) >= 11 is 0. The topological polar surface area (TPSA) is 172 Å². The van der Waals surface area contributed by atoms with Gasteiger partial charge < -0.3 is 30.1 Å². The molecule has 1 fully saturated rings. The SMILES string of the molecule is Cc1c(C(=O)N(C)C)cccc1N1CCO[C@H]([C@@H](O)C(=O)Nc2ccc(C(=N)NC(=O)O)cc2)C1=O. The minimum Gasteiger partial charge on any atom is -0.465 e. The lowest BCUT2D eigenvalue weighted by atomic mass is 10.0. The lowest BCUT2D eigenvalue weighted by Crippen LogP contribution is -2.55. The number of ether oxygens (including phenoxy) is 1. The number of aliphatic hydroxyl groups is 1. The van der Waals surface area contributed by atoms with Crippen LogP contribution >= 0.6 is 0 Å². The molecule has 0 saturated carbocycles. The Morgan fingerprint density at radius 2 is 1.83 bits per heavy atom. The number of amides is 4. The number of anilines is 2. The van der Waals surface area contributed by atoms with Crippen molar-refractivity contribution in [3.63, 3.8) is 0 Å². The van der Waals surface area contributed by atoms with Crippen molar-refractivity contribution in [2.75, 3.05) is 37.5 Å². The molecule has 190 valence electrons. The summed E-state index contributed by atoms with van der Waals surface area (Å²) in [5.41, 5.74) is 2.04. The standard InChI is InChI=1S/C24H27N5O7/c1-13-16(22(32)28(2)3)5-4-6-17(13)29-11-12-36-19(23(29)33)18(30)21(31)26-15-9-7-14(8-10-15)20(25)27-24(34)35/h4-10,18-19,30H,11-12H2,1-3H3,(H2,25,27)(H,26,31)(H,34,35)/t18-,19-/m1/s1. The number of carbonyl (C=O) groups is 4. The highest BCUT2D eigenvalue weighted by atomic mass is 16.5. The van der Waals surface area contributed by atoms with Gasteiger partial charge in [0.15, 0.2) is 12.2 Å². The van der Waals surface area contributed by atoms with Gasteiger partial charge in [-0.1, -0.05) is 6.07 Å². The Morgan fingerprint density at radius 1 is 1.17 bits per heavy atom. The molecule has 0 spiro atoms. The Morgan fingerprint density at radius 3 is 2.44 bits per heavy atom. The molecule has 4 amide bonds. The molecule has 36 heavy (non-hydrogen) atoms. The number of amidine groups is 1. The molecule has 5 N–H and O–H groups in total. The van der Waals surface area contributed by atoms with Crippen LogP contribution in [0.3, 0.4) is 0 Å². The van der Waals surface area contributed by atoms with E-state index in [2.05, 4.69) is 5.32 Å². The highest BCUT2D eigenvalue weighted by Gasteiger charge is 2.40. The van der Waals surface area contributed by atoms with Gasteiger partial charge >= 0.3 is 6.09 Å². The highest BCUT2D eigenvalue weighted by molar-refractivity contribution is 6.06. The Bertz CT molecular complexity index is 1200. The van der Waals surface area contributed by atoms with Gasteiger partial charge in [0.05, 0.1) is 6.61 Å². The van der Waals surface area contributed by atoms with Crippen LogP contribution in [0.4, 0.5) is 16.2 Å². The fourth-order valence-electron chi connectivity index (χ4n) is 3.71. The third-order valence-corrected chi connectivity index (χ3v) is 5.58. The molecule has 2 aromatic rings. The van der Waals surface area contributed by atoms with Gasteiger partial charge in [0, 0.05) is 43.1 Å². The molecule has 0 unspecified atom stereocenters. The van der Waals surface area contributed by atoms with Gasteiger partial charge in [-0.25, -0.2) is 4.79 Å². The van der Waals surface area contributed by atoms with Crippen LogP contribution < -0.4 is 15.5 Å². The van der Waals surface area contributed by atoms with Crippen molar-refractivity contribution in [3.05, 3.63) is 59.2 Å². The predicted octanol–water partition coefficient (Wildman–Crippen LogP) is 1.02. The molecule has 0 bridgehead atoms. The van der Waals surface area contributed by atoms with E-state index in [9.17, 15) is 24.3 Å². The number of rotatable bonds is 6. The van der Waals surface area contributed by atoms with Gasteiger partial charge in [0.1, 0.15) is 5.84 Å². The van der Waals surface area contributed by atoms with Crippen LogP contribution in [0.1, 0.15) is 21.5 Å². The lowest BCUT2D eigenvalue weighted by molar-refractivity contribution is -0.150. The third kappa shape index (κ3) is 5.67. The van der Waals surface area contributed by atoms with Crippen molar-refractivity contribution in [2.45, 2.75) is 19.1 Å². The van der Waals surface area contributed by atoms with Crippen molar-refractivity contribution in [1.82, 2.24) is 10.2 Å². The van der Waals surface area contributed by atoms with E-state index in [0.29, 0.717) is 16.8 Å². The zero-order valence-electron chi connectivity index (χ0n) is 19.9. The van der Waals surface area contributed by atoms with Gasteiger partial charge in [-0.15, -0.1) is 0 Å². The quantitative estimate of drug-likeness (QED) is 0.293. The summed E-state index contributed by atoms with van der Waals surface area (Å²) in [5, 5.41) is 31.4. The van der Waals surface area contributed by atoms with Crippen LogP contribution in [-0.2, 0) is 14.3 Å². The van der Waals surface area contributed by atoms with Crippen LogP contribution in [0, 0.1) is 12.3 Å². The molecule has 1 heterocycles. The number of benzene rings is 2. The normalized spacial score (nSPS) is 16.2. The van der Waals surface area contributed by atoms with Crippen molar-refractivity contribution in [1.29, 1.82) is 5.41 Å². The Kier molecular flexibility index (Phi) is 8.02. The Hall–Kier alpha value is -4.29. The molecule has 3 rings (SSSR count). The molecule has 0 aliphatic carbocycles. The maximum absolute atomic E-state index is 13.2. The van der Waals surface area contributed by atoms with E-state index in [1.165, 1.54) is 34.1 Å². The molecule has 12 heteroatoms. The number of hydrogen-bond donors (Lipinski definition) is 5. The first kappa shape index (κ1) is 26.3. The molecule has 12 nitrogen and oxygen atoms in total. The number of carbonyl (C=O) groups excluding carboxylic acids is 3. The van der Waals surface area contributed by atoms with E-state index in [4.69, 9.17) is 15.3 Å². The maximum Gasteiger partial charge on any atom is 0.410 e. The molecule has 1 saturated heterocycles. The number of hydrogen-bond acceptors (Lipinski definition) is 7. The molecule has 0 aromatic heterocycles. The smallest absolute Gasteiger partial charge is 0.410 e. The van der Waals surface area contributed by atoms with E-state index >= 15 is 0 Å². The molecular weight excluding hydrogens is 470 g/mol. The molecular formula is C24H27N5O7. The van der Waals surface area contributed by atoms with Crippen molar-refractivity contribution < 1.29 is 34.1 Å². The summed E-state index contributed by atoms with van der Waals surface area (Å²) < 4.78 is 5.44. The van der Waals surface area contributed by atoms with Gasteiger partial charge in [-0.2, -0.15) is 0 Å². The van der Waals surface area contributed by atoms with Gasteiger partial charge in [-0.05, 0) is 48.9 Å². The van der Waals surface area contributed by atoms with Crippen LogP contribution in [0.15, 0.2) is 42.5 Å². The lowest BCUT2D eigenvalue weighted by Gasteiger charge is -2.35. The number of nitrogens with one attached hydrogen (secondary N) is 3. The summed E-state index contributed by atoms with van der Waals surface area (Å²) in [6, 6.07) is 10.7.